The minimum absolute atomic E-state index is 0.241. The number of carboxylic acids is 4. The van der Waals surface area contributed by atoms with Crippen molar-refractivity contribution in [3.8, 4) is 0 Å². The summed E-state index contributed by atoms with van der Waals surface area (Å²) in [6.07, 6.45) is 5.56. The topological polar surface area (TPSA) is 175 Å². The molecule has 4 N–H and O–H groups in total. The molecule has 14 heteroatoms. The van der Waals surface area contributed by atoms with Gasteiger partial charge in [0.2, 0.25) is 0 Å². The fourth-order valence-corrected chi connectivity index (χ4v) is 4.77. The molecule has 0 saturated carbocycles. The number of aliphatic imine (C=N–C) groups is 1. The van der Waals surface area contributed by atoms with Crippen molar-refractivity contribution < 1.29 is 39.6 Å². The highest BCUT2D eigenvalue weighted by atomic mass is 32.1. The van der Waals surface area contributed by atoms with E-state index in [0.29, 0.717) is 19.3 Å². The molecule has 2 rings (SSSR count). The molecule has 13 nitrogen and oxygen atoms in total. The zero-order valence-corrected chi connectivity index (χ0v) is 22.0. The summed E-state index contributed by atoms with van der Waals surface area (Å²) in [7, 11) is 0. The van der Waals surface area contributed by atoms with Gasteiger partial charge in [0.25, 0.3) is 0 Å². The number of nitrogens with zero attached hydrogens (tertiary/aromatic N) is 5. The number of rotatable bonds is 11. The van der Waals surface area contributed by atoms with Crippen LogP contribution in [0.4, 0.5) is 0 Å². The lowest BCUT2D eigenvalue weighted by Gasteiger charge is -2.38. The molecule has 0 aromatic rings. The molecule has 0 aromatic heterocycles. The summed E-state index contributed by atoms with van der Waals surface area (Å²) >= 11 is 4.66. The summed E-state index contributed by atoms with van der Waals surface area (Å²) in [5, 5.41) is 40.2. The largest absolute Gasteiger partial charge is 0.480 e. The van der Waals surface area contributed by atoms with E-state index in [0.717, 1.165) is 11.3 Å². The summed E-state index contributed by atoms with van der Waals surface area (Å²) < 4.78 is 0. The van der Waals surface area contributed by atoms with E-state index in [1.54, 1.807) is 19.6 Å². The number of allylic oxidation sites excluding steroid dienone is 3. The first-order chi connectivity index (χ1) is 18.0. The zero-order valence-electron chi connectivity index (χ0n) is 21.2. The van der Waals surface area contributed by atoms with Crippen LogP contribution in [0, 0.1) is 0 Å². The normalized spacial score (nSPS) is 21.2. The van der Waals surface area contributed by atoms with Gasteiger partial charge in [-0.1, -0.05) is 11.6 Å². The third-order valence-electron chi connectivity index (χ3n) is 6.47. The molecular weight excluding hydrogens is 518 g/mol. The van der Waals surface area contributed by atoms with Crippen LogP contribution in [-0.2, 0) is 19.2 Å². The minimum Gasteiger partial charge on any atom is -0.480 e. The molecule has 0 radical (unpaired) electrons. The van der Waals surface area contributed by atoms with Gasteiger partial charge in [0.1, 0.15) is 0 Å². The van der Waals surface area contributed by atoms with Crippen molar-refractivity contribution in [3.63, 3.8) is 0 Å². The quantitative estimate of drug-likeness (QED) is 0.199. The van der Waals surface area contributed by atoms with E-state index in [1.807, 2.05) is 12.2 Å². The molecule has 1 aliphatic carbocycles. The molecule has 0 amide bonds. The number of carboxylic acid groups (broad SMARTS) is 4. The maximum atomic E-state index is 11.8. The minimum atomic E-state index is -1.04. The standard InChI is InChI=1S/C24H35N5O8S/c30-21(31)13-26-5-6-27(14-22(32)33)9-10-29(16-24(36)37)20(12-28(8-7-26)15-23(34)35)11-18-1-3-19(4-2-18)25-17-38/h1,3,20H,2,4-16H2,(H,30,31)(H,32,33)(H,34,35)(H,36,37). The van der Waals surface area contributed by atoms with Crippen LogP contribution in [0.1, 0.15) is 19.3 Å². The first-order valence-corrected chi connectivity index (χ1v) is 12.7. The van der Waals surface area contributed by atoms with Crippen LogP contribution in [0.25, 0.3) is 0 Å². The molecule has 1 saturated heterocycles. The van der Waals surface area contributed by atoms with Crippen LogP contribution in [0.5, 0.6) is 0 Å². The van der Waals surface area contributed by atoms with Crippen molar-refractivity contribution in [3.05, 3.63) is 23.4 Å². The van der Waals surface area contributed by atoms with E-state index < -0.39 is 23.9 Å². The van der Waals surface area contributed by atoms with Gasteiger partial charge in [-0.15, -0.1) is 0 Å². The number of aliphatic carboxylic acids is 4. The van der Waals surface area contributed by atoms with Crippen LogP contribution >= 0.6 is 12.2 Å². The Morgan fingerprint density at radius 3 is 1.74 bits per heavy atom. The Balaban J connectivity index is 2.39. The van der Waals surface area contributed by atoms with Gasteiger partial charge in [0.05, 0.1) is 37.0 Å². The predicted molar refractivity (Wildman–Crippen MR) is 140 cm³/mol. The van der Waals surface area contributed by atoms with Gasteiger partial charge < -0.3 is 20.4 Å². The molecule has 38 heavy (non-hydrogen) atoms. The van der Waals surface area contributed by atoms with Gasteiger partial charge in [0, 0.05) is 51.9 Å². The lowest BCUT2D eigenvalue weighted by molar-refractivity contribution is -0.142. The van der Waals surface area contributed by atoms with Gasteiger partial charge in [-0.2, -0.15) is 4.99 Å². The second-order valence-electron chi connectivity index (χ2n) is 9.38. The highest BCUT2D eigenvalue weighted by molar-refractivity contribution is 7.78. The third-order valence-corrected chi connectivity index (χ3v) is 6.56. The molecule has 1 heterocycles. The van der Waals surface area contributed by atoms with E-state index in [-0.39, 0.29) is 78.0 Å². The first kappa shape index (κ1) is 31.2. The van der Waals surface area contributed by atoms with E-state index in [2.05, 4.69) is 22.4 Å². The van der Waals surface area contributed by atoms with Gasteiger partial charge in [-0.3, -0.25) is 38.8 Å². The van der Waals surface area contributed by atoms with Crippen LogP contribution in [0.15, 0.2) is 28.4 Å². The van der Waals surface area contributed by atoms with Crippen LogP contribution in [-0.4, -0.2) is 147 Å². The molecule has 0 aromatic carbocycles. The van der Waals surface area contributed by atoms with Crippen molar-refractivity contribution in [1.29, 1.82) is 0 Å². The smallest absolute Gasteiger partial charge is 0.317 e. The summed E-state index contributed by atoms with van der Waals surface area (Å²) in [4.78, 5) is 57.1. The fraction of sp³-hybridized carbons (Fsp3) is 0.625. The van der Waals surface area contributed by atoms with Gasteiger partial charge >= 0.3 is 23.9 Å². The maximum absolute atomic E-state index is 11.8. The van der Waals surface area contributed by atoms with E-state index in [4.69, 9.17) is 0 Å². The molecule has 0 spiro atoms. The molecule has 1 fully saturated rings. The average Bonchev–Trinajstić information content (AvgIpc) is 2.82. The lowest BCUT2D eigenvalue weighted by Crippen LogP contribution is -2.53. The Kier molecular flexibility index (Phi) is 13.2. The number of carbonyl (C=O) groups is 4. The molecule has 0 bridgehead atoms. The first-order valence-electron chi connectivity index (χ1n) is 12.3. The molecular formula is C24H35N5O8S. The van der Waals surface area contributed by atoms with Crippen molar-refractivity contribution in [2.24, 2.45) is 4.99 Å². The van der Waals surface area contributed by atoms with Crippen molar-refractivity contribution in [2.45, 2.75) is 25.3 Å². The fourth-order valence-electron chi connectivity index (χ4n) is 4.65. The van der Waals surface area contributed by atoms with Crippen molar-refractivity contribution in [2.75, 3.05) is 72.0 Å². The summed E-state index contributed by atoms with van der Waals surface area (Å²) in [6, 6.07) is -0.375. The summed E-state index contributed by atoms with van der Waals surface area (Å²) in [6.45, 7) is 0.689. The van der Waals surface area contributed by atoms with Crippen molar-refractivity contribution >= 4 is 41.3 Å². The van der Waals surface area contributed by atoms with Gasteiger partial charge in [-0.05, 0) is 37.6 Å². The Bertz CT molecular complexity index is 981. The number of isothiocyanates is 1. The Morgan fingerprint density at radius 2 is 1.26 bits per heavy atom. The summed E-state index contributed by atoms with van der Waals surface area (Å²) in [5.41, 5.74) is 1.84. The zero-order chi connectivity index (χ0) is 28.1. The molecule has 2 aliphatic rings. The number of hydrogen-bond acceptors (Lipinski definition) is 10. The highest BCUT2D eigenvalue weighted by Crippen LogP contribution is 2.25. The van der Waals surface area contributed by atoms with Crippen molar-refractivity contribution in [1.82, 2.24) is 19.6 Å². The van der Waals surface area contributed by atoms with Crippen LogP contribution < -0.4 is 0 Å². The number of hydrogen-bond donors (Lipinski definition) is 4. The Labute approximate surface area is 226 Å². The lowest BCUT2D eigenvalue weighted by atomic mass is 9.95. The van der Waals surface area contributed by atoms with E-state index in [1.165, 1.54) is 0 Å². The second kappa shape index (κ2) is 16.1. The molecule has 1 unspecified atom stereocenters. The van der Waals surface area contributed by atoms with Crippen LogP contribution in [0.3, 0.4) is 0 Å². The molecule has 1 atom stereocenters. The predicted octanol–water partition coefficient (Wildman–Crippen LogP) is 0.0120. The number of thiocarbonyl (C=S) groups is 1. The van der Waals surface area contributed by atoms with Crippen LogP contribution in [0.2, 0.25) is 0 Å². The Hall–Kier alpha value is -3.00. The SMILES string of the molecule is O=C(O)CN1CCN(CC(=O)O)CCN(CC(=O)O)C(CC2=CC=C(N=C=S)CC2)CN(CC(=O)O)CC1. The van der Waals surface area contributed by atoms with E-state index >= 15 is 0 Å². The molecule has 210 valence electrons. The van der Waals surface area contributed by atoms with Gasteiger partial charge in [0.15, 0.2) is 0 Å². The van der Waals surface area contributed by atoms with E-state index in [9.17, 15) is 39.6 Å². The second-order valence-corrected chi connectivity index (χ2v) is 9.56. The maximum Gasteiger partial charge on any atom is 0.317 e. The molecule has 1 aliphatic heterocycles. The Morgan fingerprint density at radius 1 is 0.763 bits per heavy atom. The average molecular weight is 554 g/mol. The third kappa shape index (κ3) is 12.0. The monoisotopic (exact) mass is 553 g/mol. The van der Waals surface area contributed by atoms with Gasteiger partial charge in [-0.25, -0.2) is 0 Å². The summed E-state index contributed by atoms with van der Waals surface area (Å²) in [5.74, 6) is -4.16. The highest BCUT2D eigenvalue weighted by Gasteiger charge is 2.28.